The Morgan fingerprint density at radius 3 is 2.80 bits per heavy atom. The molecule has 0 saturated heterocycles. The summed E-state index contributed by atoms with van der Waals surface area (Å²) in [6.45, 7) is 11.5. The van der Waals surface area contributed by atoms with E-state index in [-0.39, 0.29) is 0 Å². The molecule has 0 atom stereocenters. The molecule has 1 rings (SSSR count). The zero-order valence-corrected chi connectivity index (χ0v) is 12.0. The van der Waals surface area contributed by atoms with Crippen LogP contribution in [0.1, 0.15) is 0 Å². The van der Waals surface area contributed by atoms with Crippen LogP contribution in [-0.4, -0.2) is 30.2 Å². The zero-order chi connectivity index (χ0) is 11.3. The first-order valence-corrected chi connectivity index (χ1v) is 10.3. The molecule has 84 valence electrons. The Hall–Kier alpha value is -0.333. The van der Waals surface area contributed by atoms with E-state index < -0.39 is 8.07 Å². The maximum atomic E-state index is 4.13. The van der Waals surface area contributed by atoms with Crippen LogP contribution >= 0.6 is 23.1 Å². The van der Waals surface area contributed by atoms with Crippen LogP contribution in [0.2, 0.25) is 19.6 Å². The normalized spacial score (nSPS) is 11.4. The van der Waals surface area contributed by atoms with Crippen molar-refractivity contribution in [3.63, 3.8) is 0 Å². The first-order chi connectivity index (χ1) is 7.01. The Kier molecular flexibility index (Phi) is 4.81. The lowest BCUT2D eigenvalue weighted by atomic mass is 10.6. The molecule has 6 heteroatoms. The second-order valence-electron chi connectivity index (χ2n) is 4.39. The highest BCUT2D eigenvalue weighted by atomic mass is 32.2. The summed E-state index contributed by atoms with van der Waals surface area (Å²) in [5.74, 6) is 0. The van der Waals surface area contributed by atoms with Crippen LogP contribution in [0.15, 0.2) is 17.0 Å². The second kappa shape index (κ2) is 5.67. The van der Waals surface area contributed by atoms with Crippen molar-refractivity contribution in [2.45, 2.75) is 24.0 Å². The van der Waals surface area contributed by atoms with Gasteiger partial charge in [-0.25, -0.2) is 0 Å². The summed E-state index contributed by atoms with van der Waals surface area (Å²) < 4.78 is 1.06. The third-order valence-corrected chi connectivity index (χ3v) is 7.08. The van der Waals surface area contributed by atoms with E-state index >= 15 is 0 Å². The standard InChI is InChI=1S/C9H17N3S2Si/c1-5-6-10-8-11-12-9(14-8)13-7-15(2,3)4/h5H,1,6-7H2,2-4H3,(H,10,11). The third kappa shape index (κ3) is 5.34. The van der Waals surface area contributed by atoms with Crippen LogP contribution in [0.4, 0.5) is 5.13 Å². The maximum absolute atomic E-state index is 4.13. The van der Waals surface area contributed by atoms with Crippen LogP contribution in [0.3, 0.4) is 0 Å². The first-order valence-electron chi connectivity index (χ1n) is 4.82. The minimum Gasteiger partial charge on any atom is -0.357 e. The molecule has 0 saturated carbocycles. The fourth-order valence-corrected chi connectivity index (χ4v) is 4.59. The zero-order valence-electron chi connectivity index (χ0n) is 9.41. The van der Waals surface area contributed by atoms with Crippen molar-refractivity contribution in [2.75, 3.05) is 17.2 Å². The van der Waals surface area contributed by atoms with E-state index in [9.17, 15) is 0 Å². The van der Waals surface area contributed by atoms with Gasteiger partial charge >= 0.3 is 0 Å². The summed E-state index contributed by atoms with van der Waals surface area (Å²) in [5.41, 5.74) is 0. The van der Waals surface area contributed by atoms with Gasteiger partial charge in [-0.2, -0.15) is 0 Å². The number of hydrogen-bond donors (Lipinski definition) is 1. The van der Waals surface area contributed by atoms with Crippen LogP contribution in [-0.2, 0) is 0 Å². The predicted molar refractivity (Wildman–Crippen MR) is 72.7 cm³/mol. The average Bonchev–Trinajstić information content (AvgIpc) is 2.58. The molecule has 0 bridgehead atoms. The quantitative estimate of drug-likeness (QED) is 0.484. The second-order valence-corrected chi connectivity index (χ2v) is 12.6. The van der Waals surface area contributed by atoms with Crippen molar-refractivity contribution in [3.05, 3.63) is 12.7 Å². The number of thioether (sulfide) groups is 1. The van der Waals surface area contributed by atoms with E-state index in [2.05, 4.69) is 41.7 Å². The van der Waals surface area contributed by atoms with Gasteiger partial charge in [-0.1, -0.05) is 48.8 Å². The summed E-state index contributed by atoms with van der Waals surface area (Å²) in [6.07, 6.45) is 1.82. The van der Waals surface area contributed by atoms with Gasteiger partial charge in [0.1, 0.15) is 0 Å². The highest BCUT2D eigenvalue weighted by Gasteiger charge is 2.15. The third-order valence-electron chi connectivity index (χ3n) is 1.43. The van der Waals surface area contributed by atoms with Crippen LogP contribution < -0.4 is 5.32 Å². The molecular weight excluding hydrogens is 242 g/mol. The van der Waals surface area contributed by atoms with Crippen molar-refractivity contribution < 1.29 is 0 Å². The Balaban J connectivity index is 2.42. The van der Waals surface area contributed by atoms with Gasteiger partial charge < -0.3 is 5.32 Å². The number of rotatable bonds is 6. The summed E-state index contributed by atoms with van der Waals surface area (Å²) in [6, 6.07) is 0. The Labute approximate surface area is 100 Å². The molecule has 0 unspecified atom stereocenters. The number of nitrogens with one attached hydrogen (secondary N) is 1. The van der Waals surface area contributed by atoms with Crippen molar-refractivity contribution in [1.82, 2.24) is 10.2 Å². The van der Waals surface area contributed by atoms with Gasteiger partial charge in [-0.3, -0.25) is 0 Å². The molecule has 0 aliphatic heterocycles. The lowest BCUT2D eigenvalue weighted by Crippen LogP contribution is -2.23. The maximum Gasteiger partial charge on any atom is 0.206 e. The molecule has 1 heterocycles. The monoisotopic (exact) mass is 259 g/mol. The minimum absolute atomic E-state index is 0.743. The van der Waals surface area contributed by atoms with Gasteiger partial charge in [0.15, 0.2) is 4.34 Å². The van der Waals surface area contributed by atoms with E-state index in [0.29, 0.717) is 0 Å². The average molecular weight is 259 g/mol. The van der Waals surface area contributed by atoms with Crippen molar-refractivity contribution >= 4 is 36.3 Å². The summed E-state index contributed by atoms with van der Waals surface area (Å²) in [5, 5.41) is 13.4. The van der Waals surface area contributed by atoms with E-state index in [1.165, 1.54) is 5.38 Å². The highest BCUT2D eigenvalue weighted by Crippen LogP contribution is 2.27. The molecular formula is C9H17N3S2Si. The van der Waals surface area contributed by atoms with E-state index in [4.69, 9.17) is 0 Å². The van der Waals surface area contributed by atoms with Gasteiger partial charge in [-0.05, 0) is 5.38 Å². The van der Waals surface area contributed by atoms with Gasteiger partial charge in [0.2, 0.25) is 5.13 Å². The number of aromatic nitrogens is 2. The van der Waals surface area contributed by atoms with E-state index in [1.54, 1.807) is 11.3 Å². The topological polar surface area (TPSA) is 37.8 Å². The van der Waals surface area contributed by atoms with Gasteiger partial charge in [0.25, 0.3) is 0 Å². The van der Waals surface area contributed by atoms with Crippen LogP contribution in [0, 0.1) is 0 Å². The van der Waals surface area contributed by atoms with Crippen molar-refractivity contribution in [2.24, 2.45) is 0 Å². The number of hydrogen-bond acceptors (Lipinski definition) is 5. The fourth-order valence-electron chi connectivity index (χ4n) is 0.777. The molecule has 0 spiro atoms. The van der Waals surface area contributed by atoms with Crippen LogP contribution in [0.25, 0.3) is 0 Å². The first kappa shape index (κ1) is 12.7. The Morgan fingerprint density at radius 2 is 2.20 bits per heavy atom. The molecule has 0 aliphatic carbocycles. The van der Waals surface area contributed by atoms with Gasteiger partial charge in [0.05, 0.1) is 8.07 Å². The van der Waals surface area contributed by atoms with E-state index in [0.717, 1.165) is 16.0 Å². The molecule has 3 nitrogen and oxygen atoms in total. The van der Waals surface area contributed by atoms with E-state index in [1.807, 2.05) is 17.8 Å². The molecule has 0 radical (unpaired) electrons. The Morgan fingerprint density at radius 1 is 1.47 bits per heavy atom. The highest BCUT2D eigenvalue weighted by molar-refractivity contribution is 8.02. The summed E-state index contributed by atoms with van der Waals surface area (Å²) >= 11 is 3.44. The molecule has 1 aromatic rings. The summed E-state index contributed by atoms with van der Waals surface area (Å²) in [4.78, 5) is 0. The largest absolute Gasteiger partial charge is 0.357 e. The lowest BCUT2D eigenvalue weighted by Gasteiger charge is -2.12. The molecule has 0 fully saturated rings. The smallest absolute Gasteiger partial charge is 0.206 e. The molecule has 0 amide bonds. The SMILES string of the molecule is C=CCNc1nnc(SC[Si](C)(C)C)s1. The van der Waals surface area contributed by atoms with Crippen molar-refractivity contribution in [3.8, 4) is 0 Å². The predicted octanol–water partition coefficient (Wildman–Crippen LogP) is 3.11. The fraction of sp³-hybridized carbons (Fsp3) is 0.556. The number of nitrogens with zero attached hydrogens (tertiary/aromatic N) is 2. The molecule has 15 heavy (non-hydrogen) atoms. The number of anilines is 1. The summed E-state index contributed by atoms with van der Waals surface area (Å²) in [7, 11) is -0.991. The molecule has 0 aliphatic rings. The Bertz CT molecular complexity index is 319. The minimum atomic E-state index is -0.991. The van der Waals surface area contributed by atoms with Crippen LogP contribution in [0.5, 0.6) is 0 Å². The van der Waals surface area contributed by atoms with Gasteiger partial charge in [0, 0.05) is 6.54 Å². The van der Waals surface area contributed by atoms with Crippen molar-refractivity contribution in [1.29, 1.82) is 0 Å². The lowest BCUT2D eigenvalue weighted by molar-refractivity contribution is 1.01. The molecule has 1 N–H and O–H groups in total. The molecule has 1 aromatic heterocycles. The van der Waals surface area contributed by atoms with Gasteiger partial charge in [-0.15, -0.1) is 16.8 Å². The molecule has 0 aromatic carbocycles.